The number of carbonyl (C=O) groups excluding carboxylic acids is 17. The molecule has 3 aliphatic heterocycles. The number of likely N-dealkylation sites (N-methyl/N-ethyl adjacent to an activating group) is 3. The summed E-state index contributed by atoms with van der Waals surface area (Å²) in [6, 6.07) is -2.05. The number of aliphatic hydroxyl groups excluding tert-OH is 2. The number of H-pyrrole nitrogens is 2. The highest BCUT2D eigenvalue weighted by Crippen LogP contribution is 2.30. The number of nitrogens with one attached hydrogen (secondary N) is 12. The molecule has 15 atom stereocenters. The van der Waals surface area contributed by atoms with Crippen LogP contribution < -0.4 is 58.9 Å². The lowest BCUT2D eigenvalue weighted by Gasteiger charge is -2.36. The number of carboxylic acids is 1. The summed E-state index contributed by atoms with van der Waals surface area (Å²) in [5.41, 5.74) is 8.88. The average molecular weight is 2090 g/mol. The molecule has 16 amide bonds. The van der Waals surface area contributed by atoms with Crippen LogP contribution >= 0.6 is 11.8 Å². The first-order chi connectivity index (χ1) is 71.3. The van der Waals surface area contributed by atoms with Gasteiger partial charge in [-0.2, -0.15) is 0 Å². The van der Waals surface area contributed by atoms with Crippen molar-refractivity contribution in [3.8, 4) is 5.75 Å². The molecule has 41 heteroatoms. The number of ketones is 1. The van der Waals surface area contributed by atoms with Crippen LogP contribution in [0.3, 0.4) is 0 Å². The fourth-order valence-electron chi connectivity index (χ4n) is 19.5. The molecule has 3 saturated heterocycles. The average Bonchev–Trinajstić information content (AvgIpc) is 1.78. The molecule has 3 aromatic carbocycles. The number of carboxylic acid groups (broad SMARTS) is 1. The van der Waals surface area contributed by atoms with Crippen LogP contribution in [0.1, 0.15) is 251 Å². The summed E-state index contributed by atoms with van der Waals surface area (Å²) in [5, 5.41) is 71.7. The topological polar surface area (TPSA) is 582 Å². The number of hydrogen-bond donors (Lipinski definition) is 17. The Balaban J connectivity index is 1.08. The number of aliphatic hydroxyl groups is 2. The number of phenolic OH excluding ortho intramolecular Hbond substituents is 1. The number of nitrogens with zero attached hydrogens (tertiary/aromatic N) is 5. The van der Waals surface area contributed by atoms with Gasteiger partial charge in [-0.15, -0.1) is 11.8 Å². The Hall–Kier alpha value is -13.0. The summed E-state index contributed by atoms with van der Waals surface area (Å²) < 4.78 is 0. The van der Waals surface area contributed by atoms with Gasteiger partial charge in [0.2, 0.25) is 94.5 Å². The predicted octanol–water partition coefficient (Wildman–Crippen LogP) is 5.94. The first-order valence-electron chi connectivity index (χ1n) is 52.9. The highest BCUT2D eigenvalue weighted by molar-refractivity contribution is 8.00. The van der Waals surface area contributed by atoms with Crippen LogP contribution in [-0.2, 0) is 106 Å². The number of Topliss-reactive ketones (excluding diaryl/α,β-unsaturated/α-hetero) is 1. The maximum Gasteiger partial charge on any atom is 0.305 e. The lowest BCUT2D eigenvalue weighted by molar-refractivity contribution is -0.149. The number of aliphatic carboxylic acids is 1. The molecule has 816 valence electrons. The molecule has 4 aliphatic rings. The van der Waals surface area contributed by atoms with Crippen LogP contribution in [0.25, 0.3) is 21.8 Å². The molecule has 149 heavy (non-hydrogen) atoms. The molecule has 0 unspecified atom stereocenters. The number of benzene rings is 3. The second kappa shape index (κ2) is 60.6. The Kier molecular flexibility index (Phi) is 48.6. The van der Waals surface area contributed by atoms with E-state index >= 15 is 47.9 Å². The number of fused-ring (bicyclic) bond motifs is 4. The van der Waals surface area contributed by atoms with Crippen molar-refractivity contribution in [2.75, 3.05) is 58.9 Å². The molecule has 18 N–H and O–H groups in total. The first-order valence-corrected chi connectivity index (χ1v) is 54.0. The van der Waals surface area contributed by atoms with E-state index in [2.05, 4.69) is 70.1 Å². The van der Waals surface area contributed by atoms with Crippen molar-refractivity contribution in [3.05, 3.63) is 126 Å². The quantitative estimate of drug-likeness (QED) is 0.0202. The van der Waals surface area contributed by atoms with Gasteiger partial charge in [0.1, 0.15) is 96.1 Å². The van der Waals surface area contributed by atoms with E-state index in [9.17, 15) is 58.8 Å². The van der Waals surface area contributed by atoms with Crippen molar-refractivity contribution >= 4 is 140 Å². The molecule has 40 nitrogen and oxygen atoms in total. The van der Waals surface area contributed by atoms with E-state index in [-0.39, 0.29) is 107 Å². The molecule has 5 aromatic rings. The van der Waals surface area contributed by atoms with Gasteiger partial charge >= 0.3 is 5.97 Å². The Morgan fingerprint density at radius 2 is 1.01 bits per heavy atom. The number of allylic oxidation sites excluding steroid dienone is 3. The summed E-state index contributed by atoms with van der Waals surface area (Å²) >= 11 is 0.786. The molecular formula is C108H156N18O22S. The zero-order chi connectivity index (χ0) is 109. The molecule has 5 heterocycles. The second-order valence-electron chi connectivity index (χ2n) is 40.2. The van der Waals surface area contributed by atoms with Crippen molar-refractivity contribution in [2.24, 2.45) is 11.7 Å². The van der Waals surface area contributed by atoms with E-state index in [0.29, 0.717) is 95.4 Å². The van der Waals surface area contributed by atoms with E-state index in [0.717, 1.165) is 58.6 Å². The van der Waals surface area contributed by atoms with Crippen molar-refractivity contribution in [1.29, 1.82) is 0 Å². The summed E-state index contributed by atoms with van der Waals surface area (Å²) in [6.45, 7) is 8.30. The molecule has 9 rings (SSSR count). The number of carbonyl (C=O) groups is 18. The Morgan fingerprint density at radius 1 is 0.503 bits per heavy atom. The van der Waals surface area contributed by atoms with E-state index in [4.69, 9.17) is 5.73 Å². The highest BCUT2D eigenvalue weighted by atomic mass is 32.2. The standard InChI is InChI=1S/C108H156N18O22S/c1-10-13-16-17-18-19-20-21-22-23-25-37-72(128)38-26-24-27-43-79-97(137)121-87(96(136)112-61-92(109)131)64-149-65-93(132)113-83(54-69-47-49-73(129)50-48-69)104(144)122(7)67(6)95(135)117-85(58-94(133)134)106(146)125-51-34-46-89(125)102(142)115-80(53-68-35-28-29-36-68)98(138)118-82(52-66(4)5)107(147)126-62-74(130)57-91(126)103(143)116-81(55-70-59-110-77-41-32-30-39-75(70)77)99(139)120-86(63-127)100(140)119-84(56-71-60-111-78-42-33-31-40-76(71)78)105(145)124(9)90(45-15-12-3)108(148)123(8)88(44-14-11-2)101(141)114-79/h28-33,35,39-42,47-50,59-60,66-67,74,79-91,110-111,127,129-130H,10-27,34,36-38,43-46,51-58,61-65H2,1-9H3,(H2,109,131)(H,112,136)(H,113,132)(H,114,141)(H,115,142)(H,116,143)(H,117,135)(H,118,138)(H,119,140)(H,120,139)(H,121,137)(H,133,134)/t67-,74+,79-,80-,81-,82-,83-,84-,85-,86-,87-,88-,89-,90-,91-/m0/s1. The summed E-state index contributed by atoms with van der Waals surface area (Å²) in [4.78, 5) is 278. The van der Waals surface area contributed by atoms with Crippen LogP contribution in [0, 0.1) is 5.92 Å². The molecular weight excluding hydrogens is 1930 g/mol. The molecule has 3 fully saturated rings. The van der Waals surface area contributed by atoms with Gasteiger partial charge in [0.15, 0.2) is 0 Å². The van der Waals surface area contributed by atoms with Crippen molar-refractivity contribution in [2.45, 2.75) is 344 Å². The van der Waals surface area contributed by atoms with E-state index in [1.165, 1.54) is 101 Å². The molecule has 2 aromatic heterocycles. The predicted molar refractivity (Wildman–Crippen MR) is 562 cm³/mol. The molecule has 0 bridgehead atoms. The van der Waals surface area contributed by atoms with Crippen LogP contribution in [-0.4, -0.2) is 311 Å². The number of rotatable bonds is 40. The number of unbranched alkanes of at least 4 members (excludes halogenated alkanes) is 14. The zero-order valence-corrected chi connectivity index (χ0v) is 88.3. The fraction of sp³-hybridized carbons (Fsp3) is 0.593. The van der Waals surface area contributed by atoms with Gasteiger partial charge in [-0.05, 0) is 118 Å². The number of nitrogens with two attached hydrogens (primary N) is 1. The molecule has 0 saturated carbocycles. The van der Waals surface area contributed by atoms with Crippen molar-refractivity contribution < 1.29 is 107 Å². The SMILES string of the molecule is CCCCCCCCCCCCCC(=O)CCCCC[C@@H]1NC(=O)[C@H](CCCC)N(C)C(=O)[C@H](CCCC)N(C)C(=O)[C@H](Cc2c[nH]c3ccccc23)NC(=O)[C@H](CO)NC(=O)[C@H](Cc2c[nH]c3ccccc23)NC(=O)[C@@H]2C[C@@H](O)CN2C(=O)[C@H](CC(C)C)NC(=O)[C@H](CC2=CC=CC2)NC(=O)[C@@H]2CCCN2C(=O)[C@H](CC(=O)O)NC(=O)[C@H](C)N(C)C(=O)[C@H](Cc2ccc(O)cc2)NC(=O)CSC[C@@H](C(=O)NCC(N)=O)NC1=O. The third-order valence-corrected chi connectivity index (χ3v) is 29.2. The van der Waals surface area contributed by atoms with Gasteiger partial charge in [0, 0.05) is 113 Å². The van der Waals surface area contributed by atoms with Gasteiger partial charge in [-0.3, -0.25) is 86.3 Å². The number of phenols is 1. The Morgan fingerprint density at radius 3 is 1.59 bits per heavy atom. The van der Waals surface area contributed by atoms with Gasteiger partial charge in [-0.1, -0.05) is 210 Å². The normalized spacial score (nSPS) is 24.0. The van der Waals surface area contributed by atoms with Crippen molar-refractivity contribution in [3.63, 3.8) is 0 Å². The lowest BCUT2D eigenvalue weighted by atomic mass is 9.99. The zero-order valence-electron chi connectivity index (χ0n) is 87.5. The third-order valence-electron chi connectivity index (χ3n) is 28.2. The third kappa shape index (κ3) is 36.4. The number of hydrogen-bond acceptors (Lipinski definition) is 22. The molecule has 0 spiro atoms. The highest BCUT2D eigenvalue weighted by Gasteiger charge is 2.47. The number of amides is 16. The smallest absolute Gasteiger partial charge is 0.305 e. The van der Waals surface area contributed by atoms with E-state index < -0.39 is 229 Å². The largest absolute Gasteiger partial charge is 0.508 e. The summed E-state index contributed by atoms with van der Waals surface area (Å²) in [6.07, 6.45) is 20.7. The van der Waals surface area contributed by atoms with Gasteiger partial charge in [0.05, 0.1) is 31.4 Å². The maximum absolute atomic E-state index is 15.9. The number of aromatic hydroxyl groups is 1. The number of thioether (sulfide) groups is 1. The van der Waals surface area contributed by atoms with E-state index in [1.807, 2.05) is 19.9 Å². The Bertz CT molecular complexity index is 5470. The van der Waals surface area contributed by atoms with Gasteiger partial charge < -0.3 is 114 Å². The maximum atomic E-state index is 15.9. The second-order valence-corrected chi connectivity index (χ2v) is 41.3. The number of primary amides is 1. The van der Waals surface area contributed by atoms with Crippen LogP contribution in [0.5, 0.6) is 5.75 Å². The van der Waals surface area contributed by atoms with Crippen molar-refractivity contribution in [1.82, 2.24) is 87.6 Å². The van der Waals surface area contributed by atoms with Crippen LogP contribution in [0.15, 0.2) is 109 Å². The van der Waals surface area contributed by atoms with Crippen LogP contribution in [0.2, 0.25) is 0 Å². The summed E-state index contributed by atoms with van der Waals surface area (Å²) in [5.74, 6) is -17.8. The minimum atomic E-state index is -1.89. The van der Waals surface area contributed by atoms with Gasteiger partial charge in [0.25, 0.3) is 0 Å². The van der Waals surface area contributed by atoms with Gasteiger partial charge in [-0.25, -0.2) is 0 Å². The molecule has 0 radical (unpaired) electrons. The molecule has 1 aliphatic carbocycles. The number of aromatic nitrogens is 2. The minimum absolute atomic E-state index is 0.0000725. The number of para-hydroxylation sites is 2. The first kappa shape index (κ1) is 119. The van der Waals surface area contributed by atoms with E-state index in [1.54, 1.807) is 86.9 Å². The van der Waals surface area contributed by atoms with Crippen LogP contribution in [0.4, 0.5) is 0 Å². The lowest BCUT2D eigenvalue weighted by Crippen LogP contribution is -2.61. The minimum Gasteiger partial charge on any atom is -0.508 e. The Labute approximate surface area is 875 Å². The fourth-order valence-corrected chi connectivity index (χ4v) is 20.3. The number of aromatic amines is 2. The monoisotopic (exact) mass is 2090 g/mol. The summed E-state index contributed by atoms with van der Waals surface area (Å²) in [7, 11) is 3.96.